The monoisotopic (exact) mass is 333 g/mol. The first-order valence-electron chi connectivity index (χ1n) is 10.2. The van der Waals surface area contributed by atoms with Crippen molar-refractivity contribution in [2.45, 2.75) is 117 Å². The predicted molar refractivity (Wildman–Crippen MR) is 96.9 cm³/mol. The fraction of sp³-hybridized carbons (Fsp3) is 1.00. The third-order valence-corrected chi connectivity index (χ3v) is 4.52. The van der Waals surface area contributed by atoms with Gasteiger partial charge in [0.1, 0.15) is 0 Å². The standard InChI is InChI=1S/C20H43N.ClH/c1-3-5-7-8-9-10-11-12-13-14-15-16-17-18-20-21-19-6-4-2;/h21H,3-20H2,1-2H3;1H. The minimum atomic E-state index is 0. The molecular formula is C20H44ClN. The predicted octanol–water partition coefficient (Wildman–Crippen LogP) is 2.84. The molecule has 1 nitrogen and oxygen atoms in total. The van der Waals surface area contributed by atoms with Gasteiger partial charge in [-0.05, 0) is 19.3 Å². The van der Waals surface area contributed by atoms with Crippen LogP contribution in [0.4, 0.5) is 0 Å². The Morgan fingerprint density at radius 2 is 0.727 bits per heavy atom. The number of quaternary nitrogens is 1. The second-order valence-electron chi connectivity index (χ2n) is 6.82. The van der Waals surface area contributed by atoms with Gasteiger partial charge in [0.05, 0.1) is 13.1 Å². The zero-order valence-corrected chi connectivity index (χ0v) is 16.4. The lowest BCUT2D eigenvalue weighted by Crippen LogP contribution is -3.00. The van der Waals surface area contributed by atoms with E-state index in [1.165, 1.54) is 116 Å². The van der Waals surface area contributed by atoms with Crippen LogP contribution in [0.2, 0.25) is 0 Å². The summed E-state index contributed by atoms with van der Waals surface area (Å²) in [5, 5.41) is 2.50. The van der Waals surface area contributed by atoms with E-state index in [1.54, 1.807) is 0 Å². The minimum Gasteiger partial charge on any atom is -1.00 e. The molecule has 0 aliphatic rings. The summed E-state index contributed by atoms with van der Waals surface area (Å²) >= 11 is 0. The number of hydrogen-bond donors (Lipinski definition) is 1. The molecule has 0 bridgehead atoms. The molecule has 0 radical (unpaired) electrons. The third-order valence-electron chi connectivity index (χ3n) is 4.52. The van der Waals surface area contributed by atoms with E-state index >= 15 is 0 Å². The van der Waals surface area contributed by atoms with Crippen LogP contribution >= 0.6 is 0 Å². The lowest BCUT2D eigenvalue weighted by Gasteiger charge is -2.03. The zero-order valence-electron chi connectivity index (χ0n) is 15.7. The molecule has 0 saturated carbocycles. The summed E-state index contributed by atoms with van der Waals surface area (Å²) < 4.78 is 0. The maximum Gasteiger partial charge on any atom is 0.0755 e. The molecule has 0 unspecified atom stereocenters. The topological polar surface area (TPSA) is 16.6 Å². The highest BCUT2D eigenvalue weighted by Gasteiger charge is 1.95. The van der Waals surface area contributed by atoms with Crippen LogP contribution in [0.3, 0.4) is 0 Å². The van der Waals surface area contributed by atoms with E-state index in [1.807, 2.05) is 0 Å². The van der Waals surface area contributed by atoms with Crippen molar-refractivity contribution in [2.24, 2.45) is 0 Å². The first-order valence-corrected chi connectivity index (χ1v) is 10.2. The Morgan fingerprint density at radius 3 is 1.14 bits per heavy atom. The Bertz CT molecular complexity index is 155. The quantitative estimate of drug-likeness (QED) is 0.371. The van der Waals surface area contributed by atoms with E-state index in [0.717, 1.165) is 0 Å². The van der Waals surface area contributed by atoms with Gasteiger partial charge in [0, 0.05) is 0 Å². The lowest BCUT2D eigenvalue weighted by atomic mass is 10.0. The third kappa shape index (κ3) is 22.5. The van der Waals surface area contributed by atoms with Crippen molar-refractivity contribution in [3.8, 4) is 0 Å². The molecule has 0 heterocycles. The molecule has 0 aromatic heterocycles. The fourth-order valence-electron chi connectivity index (χ4n) is 2.98. The molecule has 22 heavy (non-hydrogen) atoms. The van der Waals surface area contributed by atoms with E-state index < -0.39 is 0 Å². The van der Waals surface area contributed by atoms with Crippen molar-refractivity contribution in [1.82, 2.24) is 0 Å². The summed E-state index contributed by atoms with van der Waals surface area (Å²) in [7, 11) is 0. The summed E-state index contributed by atoms with van der Waals surface area (Å²) in [6.07, 6.45) is 23.2. The Kier molecular flexibility index (Phi) is 26.2. The van der Waals surface area contributed by atoms with Gasteiger partial charge in [-0.1, -0.05) is 97.3 Å². The van der Waals surface area contributed by atoms with Crippen LogP contribution in [0, 0.1) is 0 Å². The van der Waals surface area contributed by atoms with Crippen LogP contribution in [0.1, 0.15) is 117 Å². The molecule has 2 heteroatoms. The van der Waals surface area contributed by atoms with Crippen molar-refractivity contribution >= 4 is 0 Å². The van der Waals surface area contributed by atoms with Gasteiger partial charge in [0.2, 0.25) is 0 Å². The summed E-state index contributed by atoms with van der Waals surface area (Å²) in [6.45, 7) is 7.28. The molecule has 0 atom stereocenters. The van der Waals surface area contributed by atoms with Gasteiger partial charge in [0.15, 0.2) is 0 Å². The van der Waals surface area contributed by atoms with Gasteiger partial charge in [-0.15, -0.1) is 0 Å². The van der Waals surface area contributed by atoms with Crippen molar-refractivity contribution in [3.05, 3.63) is 0 Å². The van der Waals surface area contributed by atoms with Crippen molar-refractivity contribution in [2.75, 3.05) is 13.1 Å². The normalized spacial score (nSPS) is 10.6. The zero-order chi connectivity index (χ0) is 15.4. The summed E-state index contributed by atoms with van der Waals surface area (Å²) in [4.78, 5) is 0. The average molecular weight is 334 g/mol. The van der Waals surface area contributed by atoms with Crippen LogP contribution < -0.4 is 17.7 Å². The molecule has 0 aliphatic heterocycles. The van der Waals surface area contributed by atoms with Crippen molar-refractivity contribution in [1.29, 1.82) is 0 Å². The first kappa shape index (κ1) is 24.5. The van der Waals surface area contributed by atoms with Gasteiger partial charge < -0.3 is 17.7 Å². The van der Waals surface area contributed by atoms with E-state index in [4.69, 9.17) is 0 Å². The second-order valence-corrected chi connectivity index (χ2v) is 6.82. The highest BCUT2D eigenvalue weighted by molar-refractivity contribution is 4.49. The Hall–Kier alpha value is 0.250. The van der Waals surface area contributed by atoms with E-state index in [9.17, 15) is 0 Å². The maximum absolute atomic E-state index is 2.50. The fourth-order valence-corrected chi connectivity index (χ4v) is 2.98. The molecule has 0 aromatic carbocycles. The number of unbranched alkanes of at least 4 members (excludes halogenated alkanes) is 14. The molecule has 136 valence electrons. The van der Waals surface area contributed by atoms with Gasteiger partial charge >= 0.3 is 0 Å². The number of halogens is 1. The van der Waals surface area contributed by atoms with Crippen molar-refractivity contribution in [3.63, 3.8) is 0 Å². The number of nitrogens with two attached hydrogens (primary N) is 1. The summed E-state index contributed by atoms with van der Waals surface area (Å²) in [6, 6.07) is 0. The minimum absolute atomic E-state index is 0. The Labute approximate surface area is 147 Å². The summed E-state index contributed by atoms with van der Waals surface area (Å²) in [5.41, 5.74) is 0. The molecule has 0 spiro atoms. The van der Waals surface area contributed by atoms with E-state index in [0.29, 0.717) is 0 Å². The lowest BCUT2D eigenvalue weighted by molar-refractivity contribution is -0.655. The van der Waals surface area contributed by atoms with Gasteiger partial charge in [-0.2, -0.15) is 0 Å². The molecule has 0 amide bonds. The SMILES string of the molecule is CCCCCCCCCCCCCCCC[NH2+]CCCC.[Cl-]. The number of hydrogen-bond acceptors (Lipinski definition) is 0. The second kappa shape index (κ2) is 23.5. The molecular weight excluding hydrogens is 290 g/mol. The maximum atomic E-state index is 2.50. The molecule has 2 N–H and O–H groups in total. The van der Waals surface area contributed by atoms with Crippen LogP contribution in [-0.4, -0.2) is 13.1 Å². The van der Waals surface area contributed by atoms with Crippen LogP contribution in [0.5, 0.6) is 0 Å². The van der Waals surface area contributed by atoms with Gasteiger partial charge in [-0.25, -0.2) is 0 Å². The van der Waals surface area contributed by atoms with E-state index in [-0.39, 0.29) is 12.4 Å². The molecule has 0 aliphatic carbocycles. The highest BCUT2D eigenvalue weighted by Crippen LogP contribution is 2.12. The average Bonchev–Trinajstić information content (AvgIpc) is 2.50. The summed E-state index contributed by atoms with van der Waals surface area (Å²) in [5.74, 6) is 0. The molecule has 0 aromatic rings. The van der Waals surface area contributed by atoms with Crippen LogP contribution in [0.25, 0.3) is 0 Å². The van der Waals surface area contributed by atoms with Crippen LogP contribution in [0.15, 0.2) is 0 Å². The van der Waals surface area contributed by atoms with E-state index in [2.05, 4.69) is 19.2 Å². The molecule has 0 rings (SSSR count). The smallest absolute Gasteiger partial charge is 0.0755 e. The van der Waals surface area contributed by atoms with Gasteiger partial charge in [0.25, 0.3) is 0 Å². The largest absolute Gasteiger partial charge is 1.00 e. The molecule has 0 saturated heterocycles. The Morgan fingerprint density at radius 1 is 0.409 bits per heavy atom. The van der Waals surface area contributed by atoms with Crippen molar-refractivity contribution < 1.29 is 17.7 Å². The highest BCUT2D eigenvalue weighted by atomic mass is 35.5. The first-order chi connectivity index (χ1) is 10.4. The van der Waals surface area contributed by atoms with Crippen LogP contribution in [-0.2, 0) is 0 Å². The number of rotatable bonds is 18. The van der Waals surface area contributed by atoms with Gasteiger partial charge in [-0.3, -0.25) is 0 Å². The molecule has 0 fully saturated rings. The Balaban J connectivity index is 0.